The van der Waals surface area contributed by atoms with Crippen LogP contribution in [-0.2, 0) is 14.3 Å². The van der Waals surface area contributed by atoms with Crippen molar-refractivity contribution in [1.82, 2.24) is 5.32 Å². The van der Waals surface area contributed by atoms with Gasteiger partial charge in [0.1, 0.15) is 24.4 Å². The second kappa shape index (κ2) is 45.2. The lowest BCUT2D eigenvalue weighted by molar-refractivity contribution is -0.302. The number of ether oxygens (including phenoxy) is 2. The molecule has 1 aliphatic rings. The summed E-state index contributed by atoms with van der Waals surface area (Å²) in [7, 11) is 0. The van der Waals surface area contributed by atoms with Crippen LogP contribution in [0.2, 0.25) is 0 Å². The van der Waals surface area contributed by atoms with Gasteiger partial charge in [-0.1, -0.05) is 237 Å². The van der Waals surface area contributed by atoms with Gasteiger partial charge in [-0.05, 0) is 44.9 Å². The van der Waals surface area contributed by atoms with Gasteiger partial charge < -0.3 is 40.3 Å². The molecule has 1 saturated heterocycles. The van der Waals surface area contributed by atoms with Gasteiger partial charge in [0, 0.05) is 6.42 Å². The minimum atomic E-state index is -1.57. The van der Waals surface area contributed by atoms with Crippen molar-refractivity contribution in [1.29, 1.82) is 0 Å². The number of amides is 1. The first kappa shape index (κ1) is 60.4. The summed E-state index contributed by atoms with van der Waals surface area (Å²) in [5.74, 6) is -0.187. The summed E-state index contributed by atoms with van der Waals surface area (Å²) < 4.78 is 11.2. The Labute approximate surface area is 393 Å². The van der Waals surface area contributed by atoms with Crippen molar-refractivity contribution in [2.75, 3.05) is 13.2 Å². The van der Waals surface area contributed by atoms with E-state index in [1.165, 1.54) is 186 Å². The molecule has 7 unspecified atom stereocenters. The van der Waals surface area contributed by atoms with Gasteiger partial charge in [0.05, 0.1) is 25.4 Å². The molecule has 0 radical (unpaired) electrons. The summed E-state index contributed by atoms with van der Waals surface area (Å²) >= 11 is 0. The summed E-state index contributed by atoms with van der Waals surface area (Å²) in [6.45, 7) is 3.78. The maximum Gasteiger partial charge on any atom is 0.220 e. The second-order valence-electron chi connectivity index (χ2n) is 19.0. The number of carbonyl (C=O) groups excluding carboxylic acids is 1. The highest BCUT2D eigenvalue weighted by atomic mass is 16.7. The topological polar surface area (TPSA) is 149 Å². The molecule has 0 saturated carbocycles. The molecule has 9 nitrogen and oxygen atoms in total. The van der Waals surface area contributed by atoms with Gasteiger partial charge in [0.25, 0.3) is 0 Å². The van der Waals surface area contributed by atoms with Gasteiger partial charge in [-0.2, -0.15) is 0 Å². The summed E-state index contributed by atoms with van der Waals surface area (Å²) in [6.07, 6.45) is 50.6. The first-order valence-electron chi connectivity index (χ1n) is 27.2. The smallest absolute Gasteiger partial charge is 0.220 e. The van der Waals surface area contributed by atoms with Crippen molar-refractivity contribution in [2.45, 2.75) is 294 Å². The molecular formula is C55H103NO8. The van der Waals surface area contributed by atoms with Crippen LogP contribution in [0, 0.1) is 0 Å². The van der Waals surface area contributed by atoms with Gasteiger partial charge in [-0.15, -0.1) is 0 Å². The van der Waals surface area contributed by atoms with E-state index in [2.05, 4.69) is 43.5 Å². The van der Waals surface area contributed by atoms with E-state index in [1.807, 2.05) is 6.08 Å². The normalized spacial score (nSPS) is 20.3. The molecule has 1 aliphatic heterocycles. The third-order valence-corrected chi connectivity index (χ3v) is 12.9. The zero-order valence-electron chi connectivity index (χ0n) is 41.5. The minimum absolute atomic E-state index is 0.187. The van der Waals surface area contributed by atoms with Crippen LogP contribution in [0.1, 0.15) is 251 Å². The average molecular weight is 906 g/mol. The van der Waals surface area contributed by atoms with E-state index >= 15 is 0 Å². The van der Waals surface area contributed by atoms with Crippen LogP contribution in [0.5, 0.6) is 0 Å². The molecule has 6 N–H and O–H groups in total. The number of hydrogen-bond acceptors (Lipinski definition) is 8. The summed E-state index contributed by atoms with van der Waals surface area (Å²) in [6, 6.07) is -0.825. The predicted octanol–water partition coefficient (Wildman–Crippen LogP) is 12.8. The van der Waals surface area contributed by atoms with E-state index in [0.29, 0.717) is 6.42 Å². The highest BCUT2D eigenvalue weighted by molar-refractivity contribution is 5.76. The molecule has 1 rings (SSSR count). The number of hydrogen-bond donors (Lipinski definition) is 6. The fraction of sp³-hybridized carbons (Fsp3) is 0.873. The highest BCUT2D eigenvalue weighted by Gasteiger charge is 2.44. The average Bonchev–Trinajstić information content (AvgIpc) is 3.29. The van der Waals surface area contributed by atoms with Gasteiger partial charge in [-0.3, -0.25) is 4.79 Å². The monoisotopic (exact) mass is 906 g/mol. The van der Waals surface area contributed by atoms with Crippen LogP contribution >= 0.6 is 0 Å². The van der Waals surface area contributed by atoms with E-state index in [1.54, 1.807) is 6.08 Å². The fourth-order valence-electron chi connectivity index (χ4n) is 8.60. The van der Waals surface area contributed by atoms with E-state index in [-0.39, 0.29) is 12.5 Å². The Balaban J connectivity index is 2.29. The molecule has 0 aliphatic carbocycles. The maximum atomic E-state index is 13.0. The lowest BCUT2D eigenvalue weighted by Crippen LogP contribution is -2.60. The summed E-state index contributed by atoms with van der Waals surface area (Å²) in [4.78, 5) is 13.0. The summed E-state index contributed by atoms with van der Waals surface area (Å²) in [5.41, 5.74) is 0. The quantitative estimate of drug-likeness (QED) is 0.0261. The number of unbranched alkanes of at least 4 members (excludes halogenated alkanes) is 32. The minimum Gasteiger partial charge on any atom is -0.394 e. The fourth-order valence-corrected chi connectivity index (χ4v) is 8.60. The first-order valence-corrected chi connectivity index (χ1v) is 27.2. The Morgan fingerprint density at radius 1 is 0.516 bits per heavy atom. The second-order valence-corrected chi connectivity index (χ2v) is 19.0. The zero-order valence-corrected chi connectivity index (χ0v) is 41.5. The van der Waals surface area contributed by atoms with Crippen LogP contribution in [0.15, 0.2) is 36.5 Å². The number of aliphatic hydroxyl groups excluding tert-OH is 5. The molecule has 0 aromatic carbocycles. The van der Waals surface area contributed by atoms with Gasteiger partial charge in [-0.25, -0.2) is 0 Å². The Kier molecular flexibility index (Phi) is 42.7. The van der Waals surface area contributed by atoms with E-state index in [4.69, 9.17) is 9.47 Å². The van der Waals surface area contributed by atoms with Crippen LogP contribution in [0.4, 0.5) is 0 Å². The zero-order chi connectivity index (χ0) is 46.6. The molecule has 1 amide bonds. The lowest BCUT2D eigenvalue weighted by Gasteiger charge is -2.40. The van der Waals surface area contributed by atoms with E-state index < -0.39 is 49.5 Å². The standard InChI is InChI=1S/C55H103NO8/c1-3-5-7-9-11-13-15-17-19-21-23-25-27-29-31-33-35-37-39-41-43-45-51(59)56-48(47-63-55-54(62)53(61)52(60)50(46-57)64-55)49(58)44-42-40-38-36-34-32-30-28-26-24-22-20-18-16-14-12-10-8-6-4-2/h26,28,34,36,42,44,48-50,52-55,57-58,60-62H,3-25,27,29-33,35,37-41,43,45-47H2,1-2H3,(H,56,59)/b28-26+,36-34+,44-42+. The number of allylic oxidation sites excluding steroid dienone is 5. The van der Waals surface area contributed by atoms with Crippen molar-refractivity contribution in [2.24, 2.45) is 0 Å². The molecule has 1 fully saturated rings. The SMILES string of the molecule is CCCCCCCCCCCC/C=C/CC/C=C/CC/C=C/C(O)C(COC1OC(CO)C(O)C(O)C1O)NC(=O)CCCCCCCCCCCCCCCCCCCCCCC. The first-order chi connectivity index (χ1) is 31.3. The Bertz CT molecular complexity index is 1100. The molecule has 0 aromatic heterocycles. The molecule has 376 valence electrons. The van der Waals surface area contributed by atoms with Gasteiger partial charge in [0.2, 0.25) is 5.91 Å². The molecule has 1 heterocycles. The van der Waals surface area contributed by atoms with Crippen molar-refractivity contribution < 1.29 is 39.8 Å². The molecule has 9 heteroatoms. The third-order valence-electron chi connectivity index (χ3n) is 12.9. The largest absolute Gasteiger partial charge is 0.394 e. The van der Waals surface area contributed by atoms with Crippen LogP contribution in [0.25, 0.3) is 0 Å². The molecule has 0 aromatic rings. The van der Waals surface area contributed by atoms with Crippen molar-refractivity contribution in [3.8, 4) is 0 Å². The van der Waals surface area contributed by atoms with Crippen LogP contribution < -0.4 is 5.32 Å². The van der Waals surface area contributed by atoms with Crippen LogP contribution in [0.3, 0.4) is 0 Å². The maximum absolute atomic E-state index is 13.0. The van der Waals surface area contributed by atoms with E-state index in [0.717, 1.165) is 44.9 Å². The molecule has 64 heavy (non-hydrogen) atoms. The number of carbonyl (C=O) groups is 1. The Hall–Kier alpha value is -1.59. The Morgan fingerprint density at radius 2 is 0.891 bits per heavy atom. The number of nitrogens with one attached hydrogen (secondary N) is 1. The highest BCUT2D eigenvalue weighted by Crippen LogP contribution is 2.23. The molecule has 0 spiro atoms. The van der Waals surface area contributed by atoms with Crippen molar-refractivity contribution in [3.63, 3.8) is 0 Å². The molecular weight excluding hydrogens is 803 g/mol. The van der Waals surface area contributed by atoms with Crippen molar-refractivity contribution >= 4 is 5.91 Å². The number of rotatable bonds is 46. The van der Waals surface area contributed by atoms with Crippen molar-refractivity contribution in [3.05, 3.63) is 36.5 Å². The predicted molar refractivity (Wildman–Crippen MR) is 267 cm³/mol. The summed E-state index contributed by atoms with van der Waals surface area (Å²) in [5, 5.41) is 54.4. The van der Waals surface area contributed by atoms with E-state index in [9.17, 15) is 30.3 Å². The van der Waals surface area contributed by atoms with Crippen LogP contribution in [-0.4, -0.2) is 87.5 Å². The Morgan fingerprint density at radius 3 is 1.31 bits per heavy atom. The lowest BCUT2D eigenvalue weighted by atomic mass is 9.99. The van der Waals surface area contributed by atoms with Gasteiger partial charge in [0.15, 0.2) is 6.29 Å². The molecule has 0 bridgehead atoms. The molecule has 7 atom stereocenters. The number of aliphatic hydroxyl groups is 5. The van der Waals surface area contributed by atoms with Gasteiger partial charge >= 0.3 is 0 Å². The third kappa shape index (κ3) is 34.7.